The van der Waals surface area contributed by atoms with Crippen molar-refractivity contribution >= 4 is 23.2 Å². The van der Waals surface area contributed by atoms with E-state index in [9.17, 15) is 4.79 Å². The van der Waals surface area contributed by atoms with Crippen LogP contribution >= 0.6 is 11.6 Å². The highest BCUT2D eigenvalue weighted by molar-refractivity contribution is 6.34. The lowest BCUT2D eigenvalue weighted by atomic mass is 10.1. The van der Waals surface area contributed by atoms with Gasteiger partial charge in [0.25, 0.3) is 5.91 Å². The molecular weight excluding hydrogens is 296 g/mol. The van der Waals surface area contributed by atoms with Crippen LogP contribution in [0.3, 0.4) is 0 Å². The molecule has 1 amide bonds. The normalized spacial score (nSPS) is 12.0. The molecular formula is C18H21ClN2O. The van der Waals surface area contributed by atoms with E-state index in [1.807, 2.05) is 24.3 Å². The van der Waals surface area contributed by atoms with E-state index in [1.165, 1.54) is 0 Å². The second-order valence-corrected chi connectivity index (χ2v) is 5.73. The maximum absolute atomic E-state index is 12.2. The third-order valence-electron chi connectivity index (χ3n) is 3.57. The van der Waals surface area contributed by atoms with Crippen molar-refractivity contribution in [1.29, 1.82) is 0 Å². The van der Waals surface area contributed by atoms with Gasteiger partial charge in [-0.3, -0.25) is 4.79 Å². The Bertz CT molecular complexity index is 642. The van der Waals surface area contributed by atoms with Gasteiger partial charge in [-0.25, -0.2) is 0 Å². The minimum atomic E-state index is -0.197. The fourth-order valence-corrected chi connectivity index (χ4v) is 2.26. The highest BCUT2D eigenvalue weighted by Gasteiger charge is 2.10. The highest BCUT2D eigenvalue weighted by atomic mass is 35.5. The van der Waals surface area contributed by atoms with Gasteiger partial charge < -0.3 is 10.6 Å². The smallest absolute Gasteiger partial charge is 0.257 e. The minimum absolute atomic E-state index is 0.197. The van der Waals surface area contributed by atoms with Gasteiger partial charge in [-0.2, -0.15) is 0 Å². The van der Waals surface area contributed by atoms with Crippen LogP contribution in [0, 0.1) is 0 Å². The minimum Gasteiger partial charge on any atom is -0.322 e. The van der Waals surface area contributed by atoms with Crippen LogP contribution in [0.2, 0.25) is 5.02 Å². The molecule has 22 heavy (non-hydrogen) atoms. The molecule has 4 heteroatoms. The molecule has 0 aromatic heterocycles. The number of halogens is 1. The highest BCUT2D eigenvalue weighted by Crippen LogP contribution is 2.18. The van der Waals surface area contributed by atoms with Crippen molar-refractivity contribution in [1.82, 2.24) is 5.32 Å². The Morgan fingerprint density at radius 1 is 1.18 bits per heavy atom. The zero-order valence-electron chi connectivity index (χ0n) is 12.9. The lowest BCUT2D eigenvalue weighted by Gasteiger charge is -2.12. The molecule has 2 N–H and O–H groups in total. The Hall–Kier alpha value is -1.84. The van der Waals surface area contributed by atoms with Crippen LogP contribution in [-0.4, -0.2) is 11.9 Å². The first kappa shape index (κ1) is 16.5. The van der Waals surface area contributed by atoms with Gasteiger partial charge in [-0.1, -0.05) is 42.8 Å². The second-order valence-electron chi connectivity index (χ2n) is 5.32. The number of carbonyl (C=O) groups excluding carboxylic acids is 1. The van der Waals surface area contributed by atoms with Gasteiger partial charge >= 0.3 is 0 Å². The van der Waals surface area contributed by atoms with E-state index in [0.29, 0.717) is 16.6 Å². The molecule has 0 radical (unpaired) electrons. The molecule has 2 aromatic carbocycles. The number of anilines is 1. The summed E-state index contributed by atoms with van der Waals surface area (Å²) >= 11 is 6.05. The summed E-state index contributed by atoms with van der Waals surface area (Å²) < 4.78 is 0. The van der Waals surface area contributed by atoms with Crippen molar-refractivity contribution < 1.29 is 4.79 Å². The summed E-state index contributed by atoms with van der Waals surface area (Å²) in [5, 5.41) is 6.78. The number of hydrogen-bond donors (Lipinski definition) is 2. The molecule has 116 valence electrons. The predicted molar refractivity (Wildman–Crippen MR) is 92.4 cm³/mol. The van der Waals surface area contributed by atoms with Crippen molar-refractivity contribution in [2.75, 3.05) is 5.32 Å². The molecule has 0 aliphatic rings. The SMILES string of the molecule is CCC(C)NCc1cccc(NC(=O)c2ccccc2Cl)c1. The molecule has 0 aliphatic carbocycles. The summed E-state index contributed by atoms with van der Waals surface area (Å²) in [6, 6.07) is 15.3. The molecule has 2 aromatic rings. The third-order valence-corrected chi connectivity index (χ3v) is 3.90. The molecule has 0 spiro atoms. The van der Waals surface area contributed by atoms with E-state index in [1.54, 1.807) is 24.3 Å². The number of amides is 1. The summed E-state index contributed by atoms with van der Waals surface area (Å²) in [4.78, 5) is 12.2. The topological polar surface area (TPSA) is 41.1 Å². The van der Waals surface area contributed by atoms with Crippen molar-refractivity contribution in [3.63, 3.8) is 0 Å². The van der Waals surface area contributed by atoms with Crippen molar-refractivity contribution in [3.05, 3.63) is 64.7 Å². The van der Waals surface area contributed by atoms with Gasteiger partial charge in [0.2, 0.25) is 0 Å². The Morgan fingerprint density at radius 3 is 2.68 bits per heavy atom. The first-order chi connectivity index (χ1) is 10.6. The molecule has 0 bridgehead atoms. The van der Waals surface area contributed by atoms with Gasteiger partial charge in [0.15, 0.2) is 0 Å². The number of nitrogens with one attached hydrogen (secondary N) is 2. The maximum Gasteiger partial charge on any atom is 0.257 e. The lowest BCUT2D eigenvalue weighted by molar-refractivity contribution is 0.102. The summed E-state index contributed by atoms with van der Waals surface area (Å²) in [6.45, 7) is 5.09. The maximum atomic E-state index is 12.2. The van der Waals surface area contributed by atoms with E-state index in [-0.39, 0.29) is 5.91 Å². The largest absolute Gasteiger partial charge is 0.322 e. The third kappa shape index (κ3) is 4.58. The Kier molecular flexibility index (Phi) is 5.99. The average Bonchev–Trinajstić information content (AvgIpc) is 2.53. The lowest BCUT2D eigenvalue weighted by Crippen LogP contribution is -2.24. The zero-order valence-corrected chi connectivity index (χ0v) is 13.7. The van der Waals surface area contributed by atoms with Gasteiger partial charge in [-0.05, 0) is 43.2 Å². The molecule has 1 unspecified atom stereocenters. The molecule has 0 saturated heterocycles. The van der Waals surface area contributed by atoms with E-state index >= 15 is 0 Å². The molecule has 0 aliphatic heterocycles. The van der Waals surface area contributed by atoms with Crippen molar-refractivity contribution in [2.45, 2.75) is 32.9 Å². The number of benzene rings is 2. The monoisotopic (exact) mass is 316 g/mol. The van der Waals surface area contributed by atoms with Crippen LogP contribution in [-0.2, 0) is 6.54 Å². The molecule has 1 atom stereocenters. The fraction of sp³-hybridized carbons (Fsp3) is 0.278. The molecule has 0 saturated carbocycles. The number of carbonyl (C=O) groups is 1. The van der Waals surface area contributed by atoms with E-state index in [2.05, 4.69) is 24.5 Å². The van der Waals surface area contributed by atoms with Crippen LogP contribution in [0.25, 0.3) is 0 Å². The molecule has 0 fully saturated rings. The van der Waals surface area contributed by atoms with Crippen LogP contribution in [0.1, 0.15) is 36.2 Å². The first-order valence-electron chi connectivity index (χ1n) is 7.48. The standard InChI is InChI=1S/C18H21ClN2O/c1-3-13(2)20-12-14-7-6-8-15(11-14)21-18(22)16-9-4-5-10-17(16)19/h4-11,13,20H,3,12H2,1-2H3,(H,21,22). The Morgan fingerprint density at radius 2 is 1.95 bits per heavy atom. The predicted octanol–water partition coefficient (Wildman–Crippen LogP) is 4.48. The van der Waals surface area contributed by atoms with E-state index in [4.69, 9.17) is 11.6 Å². The van der Waals surface area contributed by atoms with Crippen LogP contribution < -0.4 is 10.6 Å². The summed E-state index contributed by atoms with van der Waals surface area (Å²) in [7, 11) is 0. The van der Waals surface area contributed by atoms with Crippen molar-refractivity contribution in [2.24, 2.45) is 0 Å². The van der Waals surface area contributed by atoms with Crippen LogP contribution in [0.15, 0.2) is 48.5 Å². The summed E-state index contributed by atoms with van der Waals surface area (Å²) in [5.74, 6) is -0.197. The summed E-state index contributed by atoms with van der Waals surface area (Å²) in [5.41, 5.74) is 2.39. The van der Waals surface area contributed by atoms with Gasteiger partial charge in [-0.15, -0.1) is 0 Å². The molecule has 0 heterocycles. The van der Waals surface area contributed by atoms with E-state index < -0.39 is 0 Å². The van der Waals surface area contributed by atoms with Gasteiger partial charge in [0, 0.05) is 18.3 Å². The molecule has 2 rings (SSSR count). The van der Waals surface area contributed by atoms with E-state index in [0.717, 1.165) is 24.2 Å². The van der Waals surface area contributed by atoms with Crippen LogP contribution in [0.5, 0.6) is 0 Å². The quantitative estimate of drug-likeness (QED) is 0.825. The Balaban J connectivity index is 2.04. The number of hydrogen-bond acceptors (Lipinski definition) is 2. The van der Waals surface area contributed by atoms with Crippen molar-refractivity contribution in [3.8, 4) is 0 Å². The van der Waals surface area contributed by atoms with Gasteiger partial charge in [0.05, 0.1) is 10.6 Å². The first-order valence-corrected chi connectivity index (χ1v) is 7.86. The van der Waals surface area contributed by atoms with Crippen LogP contribution in [0.4, 0.5) is 5.69 Å². The fourth-order valence-electron chi connectivity index (χ4n) is 2.04. The van der Waals surface area contributed by atoms with Gasteiger partial charge in [0.1, 0.15) is 0 Å². The zero-order chi connectivity index (χ0) is 15.9. The summed E-state index contributed by atoms with van der Waals surface area (Å²) in [6.07, 6.45) is 1.09. The second kappa shape index (κ2) is 7.97. The molecule has 3 nitrogen and oxygen atoms in total. The number of rotatable bonds is 6. The Labute approximate surface area is 136 Å². The average molecular weight is 317 g/mol.